The summed E-state index contributed by atoms with van der Waals surface area (Å²) in [6, 6.07) is 11.6. The van der Waals surface area contributed by atoms with Crippen molar-refractivity contribution in [1.29, 1.82) is 0 Å². The van der Waals surface area contributed by atoms with Crippen molar-refractivity contribution in [3.8, 4) is 11.3 Å². The lowest BCUT2D eigenvalue weighted by molar-refractivity contribution is 1.06. The molecule has 0 atom stereocenters. The Morgan fingerprint density at radius 2 is 1.82 bits per heavy atom. The molecule has 1 aromatic carbocycles. The van der Waals surface area contributed by atoms with Crippen molar-refractivity contribution in [2.75, 3.05) is 0 Å². The van der Waals surface area contributed by atoms with Crippen LogP contribution in [0.5, 0.6) is 0 Å². The van der Waals surface area contributed by atoms with E-state index in [2.05, 4.69) is 20.2 Å². The van der Waals surface area contributed by atoms with Crippen LogP contribution < -0.4 is 5.56 Å². The van der Waals surface area contributed by atoms with Crippen LogP contribution in [0.25, 0.3) is 22.9 Å². The largest absolute Gasteiger partial charge is 0.297 e. The molecule has 0 saturated carbocycles. The highest BCUT2D eigenvalue weighted by molar-refractivity contribution is 6.21. The van der Waals surface area contributed by atoms with Crippen molar-refractivity contribution in [2.45, 2.75) is 0 Å². The number of allylic oxidation sites excluding steroid dienone is 1. The smallest absolute Gasteiger partial charge is 0.271 e. The first kappa shape index (κ1) is 12.5. The van der Waals surface area contributed by atoms with Crippen molar-refractivity contribution in [1.82, 2.24) is 15.2 Å². The average molecular weight is 288 g/mol. The van der Waals surface area contributed by atoms with Gasteiger partial charge in [-0.25, -0.2) is 0 Å². The van der Waals surface area contributed by atoms with Gasteiger partial charge < -0.3 is 0 Å². The molecule has 5 nitrogen and oxygen atoms in total. The van der Waals surface area contributed by atoms with Gasteiger partial charge in [0, 0.05) is 35.3 Å². The third kappa shape index (κ3) is 2.00. The van der Waals surface area contributed by atoms with Crippen LogP contribution in [0.2, 0.25) is 0 Å². The first-order valence-electron chi connectivity index (χ1n) is 6.89. The molecular formula is C17H12N4O. The molecule has 3 aromatic rings. The van der Waals surface area contributed by atoms with Gasteiger partial charge in [-0.05, 0) is 24.3 Å². The van der Waals surface area contributed by atoms with Crippen LogP contribution in [0, 0.1) is 0 Å². The molecule has 1 aliphatic heterocycles. The van der Waals surface area contributed by atoms with Crippen molar-refractivity contribution in [3.63, 3.8) is 0 Å². The maximum atomic E-state index is 12.1. The summed E-state index contributed by atoms with van der Waals surface area (Å²) >= 11 is 0. The minimum atomic E-state index is -0.155. The molecule has 22 heavy (non-hydrogen) atoms. The fourth-order valence-corrected chi connectivity index (χ4v) is 2.56. The van der Waals surface area contributed by atoms with Gasteiger partial charge in [0.25, 0.3) is 5.56 Å². The highest BCUT2D eigenvalue weighted by Crippen LogP contribution is 2.32. The predicted molar refractivity (Wildman–Crippen MR) is 87.1 cm³/mol. The summed E-state index contributed by atoms with van der Waals surface area (Å²) in [7, 11) is 0. The van der Waals surface area contributed by atoms with E-state index in [1.165, 1.54) is 0 Å². The molecule has 0 amide bonds. The van der Waals surface area contributed by atoms with E-state index in [-0.39, 0.29) is 5.56 Å². The molecule has 0 fully saturated rings. The van der Waals surface area contributed by atoms with E-state index in [1.807, 2.05) is 42.5 Å². The quantitative estimate of drug-likeness (QED) is 0.760. The average Bonchev–Trinajstić information content (AvgIpc) is 3.14. The zero-order chi connectivity index (χ0) is 14.9. The number of pyridine rings is 1. The number of nitrogens with zero attached hydrogens (tertiary/aromatic N) is 2. The molecule has 2 N–H and O–H groups in total. The number of para-hydroxylation sites is 1. The Kier molecular flexibility index (Phi) is 2.83. The molecule has 1 aliphatic rings. The fourth-order valence-electron chi connectivity index (χ4n) is 2.56. The summed E-state index contributed by atoms with van der Waals surface area (Å²) in [5.74, 6) is 0. The van der Waals surface area contributed by atoms with Gasteiger partial charge in [-0.15, -0.1) is 0 Å². The van der Waals surface area contributed by atoms with Crippen LogP contribution >= 0.6 is 0 Å². The number of hydrogen-bond donors (Lipinski definition) is 2. The summed E-state index contributed by atoms with van der Waals surface area (Å²) in [5.41, 5.74) is 4.97. The molecule has 0 radical (unpaired) electrons. The van der Waals surface area contributed by atoms with Gasteiger partial charge in [-0.1, -0.05) is 18.2 Å². The number of rotatable bonds is 2. The molecule has 0 bridgehead atoms. The minimum Gasteiger partial charge on any atom is -0.297 e. The maximum Gasteiger partial charge on any atom is 0.271 e. The Bertz CT molecular complexity index is 948. The monoisotopic (exact) mass is 288 g/mol. The molecule has 2 aromatic heterocycles. The van der Waals surface area contributed by atoms with Gasteiger partial charge in [0.2, 0.25) is 0 Å². The Balaban J connectivity index is 1.86. The summed E-state index contributed by atoms with van der Waals surface area (Å²) in [6.45, 7) is 0. The van der Waals surface area contributed by atoms with Gasteiger partial charge in [0.15, 0.2) is 0 Å². The van der Waals surface area contributed by atoms with Crippen molar-refractivity contribution >= 4 is 23.6 Å². The topological polar surface area (TPSA) is 73.9 Å². The summed E-state index contributed by atoms with van der Waals surface area (Å²) in [4.78, 5) is 20.5. The third-order valence-corrected chi connectivity index (χ3v) is 3.64. The summed E-state index contributed by atoms with van der Waals surface area (Å²) < 4.78 is 0. The highest BCUT2D eigenvalue weighted by atomic mass is 16.1. The molecule has 4 rings (SSSR count). The van der Waals surface area contributed by atoms with Crippen molar-refractivity contribution in [3.05, 3.63) is 70.3 Å². The number of benzene rings is 1. The molecule has 0 spiro atoms. The number of hydrogen-bond acceptors (Lipinski definition) is 3. The highest BCUT2D eigenvalue weighted by Gasteiger charge is 2.15. The Morgan fingerprint density at radius 1 is 1.00 bits per heavy atom. The van der Waals surface area contributed by atoms with Crippen molar-refractivity contribution in [2.24, 2.45) is 4.99 Å². The van der Waals surface area contributed by atoms with E-state index < -0.39 is 0 Å². The first-order valence-corrected chi connectivity index (χ1v) is 6.89. The van der Waals surface area contributed by atoms with E-state index in [0.29, 0.717) is 5.56 Å². The van der Waals surface area contributed by atoms with Crippen molar-refractivity contribution < 1.29 is 0 Å². The zero-order valence-corrected chi connectivity index (χ0v) is 11.6. The SMILES string of the molecule is O=c1[nH][nH]c(-c2ccncc2)c1/C=C1/C=Nc2ccccc21. The number of nitrogens with one attached hydrogen (secondary N) is 2. The lowest BCUT2D eigenvalue weighted by atomic mass is 10.0. The first-order chi connectivity index (χ1) is 10.8. The molecule has 0 aliphatic carbocycles. The summed E-state index contributed by atoms with van der Waals surface area (Å²) in [5, 5.41) is 5.58. The lowest BCUT2D eigenvalue weighted by Gasteiger charge is -2.01. The predicted octanol–water partition coefficient (Wildman–Crippen LogP) is 3.02. The molecule has 0 saturated heterocycles. The summed E-state index contributed by atoms with van der Waals surface area (Å²) in [6.07, 6.45) is 7.04. The Labute approximate surface area is 126 Å². The number of aromatic nitrogens is 3. The molecule has 106 valence electrons. The minimum absolute atomic E-state index is 0.155. The van der Waals surface area contributed by atoms with E-state index in [4.69, 9.17) is 0 Å². The Morgan fingerprint density at radius 3 is 2.68 bits per heavy atom. The second-order valence-electron chi connectivity index (χ2n) is 4.98. The standard InChI is InChI=1S/C17H12N4O/c22-17-14(16(20-21-17)11-5-7-18-8-6-11)9-12-10-19-15-4-2-1-3-13(12)15/h1-10H,(H2,20,21,22)/b12-9-. The lowest BCUT2D eigenvalue weighted by Crippen LogP contribution is -2.02. The molecule has 5 heteroatoms. The fraction of sp³-hybridized carbons (Fsp3) is 0. The van der Waals surface area contributed by atoms with Crippen LogP contribution in [-0.2, 0) is 0 Å². The van der Waals surface area contributed by atoms with Gasteiger partial charge in [0.05, 0.1) is 16.9 Å². The third-order valence-electron chi connectivity index (χ3n) is 3.64. The normalized spacial score (nSPS) is 14.5. The maximum absolute atomic E-state index is 12.1. The van der Waals surface area contributed by atoms with Gasteiger partial charge in [-0.2, -0.15) is 0 Å². The van der Waals surface area contributed by atoms with Crippen LogP contribution in [0.4, 0.5) is 5.69 Å². The second-order valence-corrected chi connectivity index (χ2v) is 4.98. The van der Waals surface area contributed by atoms with Crippen LogP contribution in [0.15, 0.2) is 58.6 Å². The van der Waals surface area contributed by atoms with E-state index in [9.17, 15) is 4.79 Å². The van der Waals surface area contributed by atoms with E-state index >= 15 is 0 Å². The molecule has 0 unspecified atom stereocenters. The number of H-pyrrole nitrogens is 2. The number of aliphatic imine (C=N–C) groups is 1. The van der Waals surface area contributed by atoms with E-state index in [0.717, 1.165) is 28.1 Å². The van der Waals surface area contributed by atoms with Gasteiger partial charge in [-0.3, -0.25) is 25.0 Å². The molecular weight excluding hydrogens is 276 g/mol. The van der Waals surface area contributed by atoms with Crippen LogP contribution in [0.1, 0.15) is 11.1 Å². The Hall–Kier alpha value is -3.21. The zero-order valence-electron chi connectivity index (χ0n) is 11.6. The van der Waals surface area contributed by atoms with Gasteiger partial charge in [0.1, 0.15) is 0 Å². The molecule has 3 heterocycles. The van der Waals surface area contributed by atoms with Crippen LogP contribution in [-0.4, -0.2) is 21.4 Å². The van der Waals surface area contributed by atoms with Crippen LogP contribution in [0.3, 0.4) is 0 Å². The van der Waals surface area contributed by atoms with Gasteiger partial charge >= 0.3 is 0 Å². The number of aromatic amines is 2. The second kappa shape index (κ2) is 4.96. The number of fused-ring (bicyclic) bond motifs is 1. The van der Waals surface area contributed by atoms with E-state index in [1.54, 1.807) is 18.6 Å².